The van der Waals surface area contributed by atoms with Crippen molar-refractivity contribution in [1.29, 1.82) is 0 Å². The number of carbonyl (C=O) groups is 1. The van der Waals surface area contributed by atoms with Gasteiger partial charge in [0.1, 0.15) is 4.88 Å². The maximum absolute atomic E-state index is 11.6. The SMILES string of the molecule is Cc1csc(C(=O)OC(C)C)c1P(=O)(O)O. The normalized spacial score (nSPS) is 11.9. The lowest BCUT2D eigenvalue weighted by molar-refractivity contribution is 0.0384. The number of aryl methyl sites for hydroxylation is 1. The highest BCUT2D eigenvalue weighted by Crippen LogP contribution is 2.38. The molecule has 0 aromatic carbocycles. The van der Waals surface area contributed by atoms with Crippen LogP contribution in [0.3, 0.4) is 0 Å². The Morgan fingerprint density at radius 1 is 1.50 bits per heavy atom. The second kappa shape index (κ2) is 4.67. The molecule has 0 amide bonds. The van der Waals surface area contributed by atoms with Crippen LogP contribution in [0.25, 0.3) is 0 Å². The Kier molecular flexibility index (Phi) is 3.91. The summed E-state index contributed by atoms with van der Waals surface area (Å²) in [6.07, 6.45) is -0.320. The van der Waals surface area contributed by atoms with Crippen molar-refractivity contribution >= 4 is 30.2 Å². The molecule has 0 saturated carbocycles. The van der Waals surface area contributed by atoms with E-state index in [9.17, 15) is 9.36 Å². The Morgan fingerprint density at radius 2 is 2.06 bits per heavy atom. The number of rotatable bonds is 3. The summed E-state index contributed by atoms with van der Waals surface area (Å²) in [6.45, 7) is 4.90. The molecule has 0 aliphatic carbocycles. The van der Waals surface area contributed by atoms with Crippen LogP contribution in [0.2, 0.25) is 0 Å². The molecule has 1 rings (SSSR count). The number of hydrogen-bond donors (Lipinski definition) is 2. The molecule has 0 atom stereocenters. The Hall–Kier alpha value is -0.680. The summed E-state index contributed by atoms with van der Waals surface area (Å²) in [6, 6.07) is 0. The van der Waals surface area contributed by atoms with Crippen molar-refractivity contribution in [3.05, 3.63) is 15.8 Å². The van der Waals surface area contributed by atoms with Crippen LogP contribution >= 0.6 is 18.9 Å². The van der Waals surface area contributed by atoms with Gasteiger partial charge in [-0.2, -0.15) is 0 Å². The first kappa shape index (κ1) is 13.4. The van der Waals surface area contributed by atoms with Crippen molar-refractivity contribution in [2.24, 2.45) is 0 Å². The molecule has 0 unspecified atom stereocenters. The topological polar surface area (TPSA) is 83.8 Å². The summed E-state index contributed by atoms with van der Waals surface area (Å²) in [5.74, 6) is -0.688. The number of thiophene rings is 1. The zero-order chi connectivity index (χ0) is 12.5. The predicted molar refractivity (Wildman–Crippen MR) is 61.3 cm³/mol. The minimum Gasteiger partial charge on any atom is -0.459 e. The Morgan fingerprint density at radius 3 is 2.50 bits per heavy atom. The minimum absolute atomic E-state index is 0.0143. The fraction of sp³-hybridized carbons (Fsp3) is 0.444. The third-order valence-electron chi connectivity index (χ3n) is 1.76. The molecule has 0 aliphatic heterocycles. The zero-order valence-electron chi connectivity index (χ0n) is 9.13. The first-order valence-corrected chi connectivity index (χ1v) is 7.08. The van der Waals surface area contributed by atoms with Gasteiger partial charge >= 0.3 is 13.6 Å². The van der Waals surface area contributed by atoms with E-state index in [-0.39, 0.29) is 16.3 Å². The summed E-state index contributed by atoms with van der Waals surface area (Å²) in [5.41, 5.74) is 0.411. The average Bonchev–Trinajstić information content (AvgIpc) is 2.44. The number of hydrogen-bond acceptors (Lipinski definition) is 4. The summed E-state index contributed by atoms with van der Waals surface area (Å²) in [4.78, 5) is 29.8. The first-order valence-electron chi connectivity index (χ1n) is 4.58. The number of carbonyl (C=O) groups excluding carboxylic acids is 1. The summed E-state index contributed by atoms with van der Waals surface area (Å²) in [5, 5.41) is 1.31. The Bertz CT molecular complexity index is 445. The van der Waals surface area contributed by atoms with Gasteiger partial charge < -0.3 is 14.5 Å². The van der Waals surface area contributed by atoms with E-state index in [0.717, 1.165) is 11.3 Å². The fourth-order valence-corrected chi connectivity index (χ4v) is 3.52. The zero-order valence-corrected chi connectivity index (χ0v) is 10.8. The van der Waals surface area contributed by atoms with Crippen LogP contribution < -0.4 is 5.30 Å². The van der Waals surface area contributed by atoms with Crippen LogP contribution in [0.5, 0.6) is 0 Å². The average molecular weight is 264 g/mol. The standard InChI is InChI=1S/C9H13O5PS/c1-5(2)14-9(10)8-7(15(11,12)13)6(3)4-16-8/h4-5H,1-3H3,(H2,11,12,13). The molecule has 90 valence electrons. The van der Waals surface area contributed by atoms with Crippen LogP contribution in [0.15, 0.2) is 5.38 Å². The molecule has 0 fully saturated rings. The van der Waals surface area contributed by atoms with Crippen LogP contribution in [0.1, 0.15) is 29.1 Å². The minimum atomic E-state index is -4.43. The lowest BCUT2D eigenvalue weighted by Gasteiger charge is -2.09. The molecule has 1 aromatic heterocycles. The fourth-order valence-electron chi connectivity index (χ4n) is 1.21. The molecule has 1 aromatic rings. The van der Waals surface area contributed by atoms with Crippen molar-refractivity contribution in [2.45, 2.75) is 26.9 Å². The maximum Gasteiger partial charge on any atom is 0.358 e. The summed E-state index contributed by atoms with van der Waals surface area (Å²) in [7, 11) is -4.43. The lowest BCUT2D eigenvalue weighted by Crippen LogP contribution is -2.19. The largest absolute Gasteiger partial charge is 0.459 e. The Balaban J connectivity index is 3.16. The van der Waals surface area contributed by atoms with E-state index < -0.39 is 13.6 Å². The van der Waals surface area contributed by atoms with Crippen molar-refractivity contribution in [1.82, 2.24) is 0 Å². The van der Waals surface area contributed by atoms with Crippen LogP contribution in [0.4, 0.5) is 0 Å². The van der Waals surface area contributed by atoms with E-state index in [1.165, 1.54) is 5.38 Å². The van der Waals surface area contributed by atoms with E-state index in [1.807, 2.05) is 0 Å². The summed E-state index contributed by atoms with van der Waals surface area (Å²) < 4.78 is 16.1. The van der Waals surface area contributed by atoms with Crippen LogP contribution in [-0.4, -0.2) is 21.9 Å². The van der Waals surface area contributed by atoms with Gasteiger partial charge in [0.2, 0.25) is 0 Å². The molecule has 1 heterocycles. The molecule has 0 spiro atoms. The second-order valence-corrected chi connectivity index (χ2v) is 6.01. The molecule has 16 heavy (non-hydrogen) atoms. The van der Waals surface area contributed by atoms with Gasteiger partial charge in [-0.15, -0.1) is 11.3 Å². The van der Waals surface area contributed by atoms with Gasteiger partial charge in [0, 0.05) is 0 Å². The molecule has 7 heteroatoms. The van der Waals surface area contributed by atoms with Gasteiger partial charge in [-0.3, -0.25) is 4.57 Å². The van der Waals surface area contributed by atoms with Gasteiger partial charge in [0.05, 0.1) is 11.4 Å². The quantitative estimate of drug-likeness (QED) is 0.637. The smallest absolute Gasteiger partial charge is 0.358 e. The molecular weight excluding hydrogens is 251 g/mol. The third-order valence-corrected chi connectivity index (χ3v) is 4.15. The van der Waals surface area contributed by atoms with Crippen LogP contribution in [-0.2, 0) is 9.30 Å². The molecule has 0 saturated heterocycles. The maximum atomic E-state index is 11.6. The van der Waals surface area contributed by atoms with Gasteiger partial charge in [0.15, 0.2) is 0 Å². The van der Waals surface area contributed by atoms with Gasteiger partial charge in [0.25, 0.3) is 0 Å². The summed E-state index contributed by atoms with van der Waals surface area (Å²) >= 11 is 0.986. The van der Waals surface area contributed by atoms with Gasteiger partial charge in [-0.05, 0) is 31.7 Å². The lowest BCUT2D eigenvalue weighted by atomic mass is 10.3. The van der Waals surface area contributed by atoms with Crippen molar-refractivity contribution in [3.8, 4) is 0 Å². The predicted octanol–water partition coefficient (Wildman–Crippen LogP) is 1.42. The molecular formula is C9H13O5PS. The van der Waals surface area contributed by atoms with Gasteiger partial charge in [-0.25, -0.2) is 4.79 Å². The van der Waals surface area contributed by atoms with Crippen LogP contribution in [0, 0.1) is 6.92 Å². The highest BCUT2D eigenvalue weighted by molar-refractivity contribution is 7.61. The van der Waals surface area contributed by atoms with E-state index >= 15 is 0 Å². The third kappa shape index (κ3) is 2.92. The van der Waals surface area contributed by atoms with Crippen molar-refractivity contribution in [2.75, 3.05) is 0 Å². The molecule has 2 N–H and O–H groups in total. The van der Waals surface area contributed by atoms with E-state index in [4.69, 9.17) is 14.5 Å². The van der Waals surface area contributed by atoms with Gasteiger partial charge in [-0.1, -0.05) is 0 Å². The Labute approximate surface area is 97.2 Å². The van der Waals surface area contributed by atoms with E-state index in [0.29, 0.717) is 5.56 Å². The number of ether oxygens (including phenoxy) is 1. The van der Waals surface area contributed by atoms with E-state index in [2.05, 4.69) is 0 Å². The highest BCUT2D eigenvalue weighted by atomic mass is 32.1. The molecule has 0 radical (unpaired) electrons. The van der Waals surface area contributed by atoms with Crippen molar-refractivity contribution < 1.29 is 23.9 Å². The molecule has 0 bridgehead atoms. The van der Waals surface area contributed by atoms with Crippen molar-refractivity contribution in [3.63, 3.8) is 0 Å². The first-order chi connectivity index (χ1) is 7.23. The molecule has 0 aliphatic rings. The molecule has 5 nitrogen and oxygen atoms in total. The second-order valence-electron chi connectivity index (χ2n) is 3.59. The number of esters is 1. The monoisotopic (exact) mass is 264 g/mol. The highest BCUT2D eigenvalue weighted by Gasteiger charge is 2.30. The van der Waals surface area contributed by atoms with E-state index in [1.54, 1.807) is 20.8 Å².